The zero-order valence-electron chi connectivity index (χ0n) is 13.8. The lowest BCUT2D eigenvalue weighted by molar-refractivity contribution is 0.102. The summed E-state index contributed by atoms with van der Waals surface area (Å²) in [6.45, 7) is 1.86. The molecule has 1 amide bonds. The first-order chi connectivity index (χ1) is 12.7. The summed E-state index contributed by atoms with van der Waals surface area (Å²) in [4.78, 5) is 26.3. The van der Waals surface area contributed by atoms with Crippen LogP contribution in [-0.2, 0) is 0 Å². The van der Waals surface area contributed by atoms with Crippen molar-refractivity contribution < 1.29 is 9.21 Å². The summed E-state index contributed by atoms with van der Waals surface area (Å²) in [6, 6.07) is 13.3. The highest BCUT2D eigenvalue weighted by Crippen LogP contribution is 2.28. The largest absolute Gasteiger partial charge is 0.462 e. The van der Waals surface area contributed by atoms with Crippen molar-refractivity contribution in [3.05, 3.63) is 71.7 Å². The van der Waals surface area contributed by atoms with Gasteiger partial charge < -0.3 is 9.73 Å². The summed E-state index contributed by atoms with van der Waals surface area (Å²) < 4.78 is 5.34. The fourth-order valence-electron chi connectivity index (χ4n) is 2.43. The van der Waals surface area contributed by atoms with Crippen molar-refractivity contribution in [1.82, 2.24) is 15.0 Å². The maximum atomic E-state index is 12.5. The van der Waals surface area contributed by atoms with Crippen LogP contribution in [0.2, 0.25) is 0 Å². The molecule has 26 heavy (non-hydrogen) atoms. The third-order valence-electron chi connectivity index (χ3n) is 3.69. The fourth-order valence-corrected chi connectivity index (χ4v) is 3.31. The minimum Gasteiger partial charge on any atom is -0.462 e. The number of nitrogens with zero attached hydrogens (tertiary/aromatic N) is 3. The van der Waals surface area contributed by atoms with Gasteiger partial charge in [-0.3, -0.25) is 4.79 Å². The van der Waals surface area contributed by atoms with E-state index in [1.54, 1.807) is 24.7 Å². The maximum Gasteiger partial charge on any atom is 0.275 e. The molecule has 1 aromatic carbocycles. The molecule has 0 radical (unpaired) electrons. The second kappa shape index (κ2) is 6.89. The molecule has 0 aliphatic heterocycles. The van der Waals surface area contributed by atoms with Crippen LogP contribution in [0.3, 0.4) is 0 Å². The summed E-state index contributed by atoms with van der Waals surface area (Å²) in [5.74, 6) is 0.953. The van der Waals surface area contributed by atoms with Gasteiger partial charge in [-0.05, 0) is 19.1 Å². The number of rotatable bonds is 4. The van der Waals surface area contributed by atoms with Gasteiger partial charge in [-0.1, -0.05) is 30.3 Å². The Morgan fingerprint density at radius 2 is 1.85 bits per heavy atom. The molecule has 0 spiro atoms. The van der Waals surface area contributed by atoms with Crippen molar-refractivity contribution >= 4 is 22.9 Å². The van der Waals surface area contributed by atoms with E-state index in [4.69, 9.17) is 4.42 Å². The number of amides is 1. The topological polar surface area (TPSA) is 80.9 Å². The molecule has 128 valence electrons. The van der Waals surface area contributed by atoms with Crippen LogP contribution in [0.4, 0.5) is 5.69 Å². The smallest absolute Gasteiger partial charge is 0.275 e. The number of aryl methyl sites for hydroxylation is 1. The zero-order valence-corrected chi connectivity index (χ0v) is 14.7. The molecule has 3 heterocycles. The lowest BCUT2D eigenvalue weighted by atomic mass is 10.2. The van der Waals surface area contributed by atoms with Gasteiger partial charge in [-0.25, -0.2) is 15.0 Å². The number of thiazole rings is 1. The lowest BCUT2D eigenvalue weighted by Gasteiger charge is -2.04. The van der Waals surface area contributed by atoms with Gasteiger partial charge in [0.15, 0.2) is 16.6 Å². The molecule has 0 saturated carbocycles. The number of carbonyl (C=O) groups is 1. The van der Waals surface area contributed by atoms with E-state index < -0.39 is 0 Å². The summed E-state index contributed by atoms with van der Waals surface area (Å²) in [7, 11) is 0. The number of anilines is 1. The Balaban J connectivity index is 1.52. The van der Waals surface area contributed by atoms with Crippen LogP contribution in [0, 0.1) is 6.92 Å². The highest BCUT2D eigenvalue weighted by Gasteiger charge is 2.18. The van der Waals surface area contributed by atoms with Crippen molar-refractivity contribution in [2.24, 2.45) is 0 Å². The summed E-state index contributed by atoms with van der Waals surface area (Å²) in [5.41, 5.74) is 1.80. The Hall–Kier alpha value is -3.32. The first kappa shape index (κ1) is 16.2. The number of nitrogens with one attached hydrogen (secondary N) is 1. The first-order valence-corrected chi connectivity index (χ1v) is 8.72. The van der Waals surface area contributed by atoms with E-state index >= 15 is 0 Å². The molecule has 0 bridgehead atoms. The number of hydrogen-bond acceptors (Lipinski definition) is 6. The molecular formula is C19H14N4O2S. The number of hydrogen-bond donors (Lipinski definition) is 1. The van der Waals surface area contributed by atoms with E-state index in [2.05, 4.69) is 20.3 Å². The van der Waals surface area contributed by atoms with Crippen LogP contribution in [0.15, 0.2) is 65.5 Å². The van der Waals surface area contributed by atoms with E-state index in [1.807, 2.05) is 43.3 Å². The molecule has 4 rings (SSSR count). The van der Waals surface area contributed by atoms with Crippen molar-refractivity contribution in [3.8, 4) is 22.2 Å². The van der Waals surface area contributed by atoms with Crippen molar-refractivity contribution in [2.75, 3.05) is 5.32 Å². The Kier molecular flexibility index (Phi) is 4.28. The number of carbonyl (C=O) groups excluding carboxylic acids is 1. The third-order valence-corrected chi connectivity index (χ3v) is 4.67. The summed E-state index contributed by atoms with van der Waals surface area (Å²) in [5, 5.41) is 3.46. The molecule has 0 unspecified atom stereocenters. The minimum absolute atomic E-state index is 0.299. The van der Waals surface area contributed by atoms with Gasteiger partial charge in [-0.2, -0.15) is 0 Å². The Bertz CT molecular complexity index is 1030. The van der Waals surface area contributed by atoms with E-state index in [9.17, 15) is 4.79 Å². The summed E-state index contributed by atoms with van der Waals surface area (Å²) >= 11 is 1.41. The van der Waals surface area contributed by atoms with Crippen LogP contribution >= 0.6 is 11.3 Å². The minimum atomic E-state index is -0.299. The van der Waals surface area contributed by atoms with Crippen molar-refractivity contribution in [3.63, 3.8) is 0 Å². The van der Waals surface area contributed by atoms with Crippen molar-refractivity contribution in [2.45, 2.75) is 6.92 Å². The van der Waals surface area contributed by atoms with Crippen LogP contribution < -0.4 is 5.32 Å². The van der Waals surface area contributed by atoms with Crippen LogP contribution in [0.25, 0.3) is 22.2 Å². The van der Waals surface area contributed by atoms with Gasteiger partial charge in [0.25, 0.3) is 5.91 Å². The average molecular weight is 362 g/mol. The van der Waals surface area contributed by atoms with Gasteiger partial charge in [0.2, 0.25) is 0 Å². The molecule has 0 atom stereocenters. The molecule has 0 aliphatic rings. The third kappa shape index (κ3) is 3.25. The number of aromatic nitrogens is 3. The van der Waals surface area contributed by atoms with Gasteiger partial charge in [0.1, 0.15) is 5.69 Å². The lowest BCUT2D eigenvalue weighted by Crippen LogP contribution is -2.14. The van der Waals surface area contributed by atoms with Crippen LogP contribution in [-0.4, -0.2) is 20.9 Å². The van der Waals surface area contributed by atoms with Crippen LogP contribution in [0.1, 0.15) is 15.4 Å². The molecule has 4 aromatic rings. The van der Waals surface area contributed by atoms with Gasteiger partial charge in [0.05, 0.1) is 24.3 Å². The van der Waals surface area contributed by atoms with Gasteiger partial charge in [-0.15, -0.1) is 11.3 Å². The highest BCUT2D eigenvalue weighted by molar-refractivity contribution is 7.15. The molecule has 0 fully saturated rings. The molecule has 6 nitrogen and oxygen atoms in total. The monoisotopic (exact) mass is 362 g/mol. The maximum absolute atomic E-state index is 12.5. The SMILES string of the molecule is Cc1sc(-c2ccco2)nc1C(=O)Nc1cnc(-c2ccccc2)nc1. The van der Waals surface area contributed by atoms with E-state index in [1.165, 1.54) is 11.3 Å². The molecule has 0 aliphatic carbocycles. The normalized spacial score (nSPS) is 10.7. The first-order valence-electron chi connectivity index (χ1n) is 7.91. The number of furan rings is 1. The van der Waals surface area contributed by atoms with E-state index in [0.29, 0.717) is 28.0 Å². The standard InChI is InChI=1S/C19H14N4O2S/c1-12-16(23-19(26-12)15-8-5-9-25-15)18(24)22-14-10-20-17(21-11-14)13-6-3-2-4-7-13/h2-11H,1H3,(H,22,24). The highest BCUT2D eigenvalue weighted by atomic mass is 32.1. The average Bonchev–Trinajstić information content (AvgIpc) is 3.32. The summed E-state index contributed by atoms with van der Waals surface area (Å²) in [6.07, 6.45) is 4.75. The van der Waals surface area contributed by atoms with Gasteiger partial charge >= 0.3 is 0 Å². The quantitative estimate of drug-likeness (QED) is 0.581. The molecule has 3 aromatic heterocycles. The number of benzene rings is 1. The second-order valence-corrected chi connectivity index (χ2v) is 6.72. The van der Waals surface area contributed by atoms with E-state index in [-0.39, 0.29) is 5.91 Å². The Morgan fingerprint density at radius 3 is 2.54 bits per heavy atom. The second-order valence-electron chi connectivity index (χ2n) is 5.52. The molecular weight excluding hydrogens is 348 g/mol. The predicted molar refractivity (Wildman–Crippen MR) is 100.0 cm³/mol. The van der Waals surface area contributed by atoms with E-state index in [0.717, 1.165) is 10.4 Å². The van der Waals surface area contributed by atoms with Crippen LogP contribution in [0.5, 0.6) is 0 Å². The molecule has 1 N–H and O–H groups in total. The molecule has 0 saturated heterocycles. The van der Waals surface area contributed by atoms with Crippen molar-refractivity contribution in [1.29, 1.82) is 0 Å². The zero-order chi connectivity index (χ0) is 17.9. The fraction of sp³-hybridized carbons (Fsp3) is 0.0526. The predicted octanol–water partition coefficient (Wildman–Crippen LogP) is 4.42. The van der Waals surface area contributed by atoms with Gasteiger partial charge in [0, 0.05) is 10.4 Å². The Morgan fingerprint density at radius 1 is 1.08 bits per heavy atom. The Labute approximate surface area is 153 Å². The molecule has 7 heteroatoms.